The van der Waals surface area contributed by atoms with Crippen molar-refractivity contribution in [2.75, 3.05) is 7.11 Å². The first kappa shape index (κ1) is 19.0. The van der Waals surface area contributed by atoms with Gasteiger partial charge in [-0.2, -0.15) is 5.26 Å². The summed E-state index contributed by atoms with van der Waals surface area (Å²) in [6.45, 7) is 7.39. The van der Waals surface area contributed by atoms with Gasteiger partial charge in [0.2, 0.25) is 0 Å². The number of methoxy groups -OCH3 is 1. The molecular formula is C20H19FN3O2-. The van der Waals surface area contributed by atoms with Crippen molar-refractivity contribution < 1.29 is 14.2 Å². The Morgan fingerprint density at radius 2 is 2.12 bits per heavy atom. The van der Waals surface area contributed by atoms with E-state index < -0.39 is 22.7 Å². The van der Waals surface area contributed by atoms with E-state index in [0.717, 1.165) is 5.57 Å². The van der Waals surface area contributed by atoms with Crippen LogP contribution >= 0.6 is 0 Å². The second-order valence-corrected chi connectivity index (χ2v) is 6.21. The van der Waals surface area contributed by atoms with Gasteiger partial charge >= 0.3 is 0 Å². The van der Waals surface area contributed by atoms with Crippen molar-refractivity contribution in [2.24, 2.45) is 5.41 Å². The molecule has 1 aromatic carbocycles. The van der Waals surface area contributed by atoms with E-state index >= 15 is 0 Å². The SMILES string of the molecule is C=C/C(=C1/C=CC(C(C)(C)C#N)=CN1)c1cc(F)c(C(=N)[O-])c(OC)c1. The molecule has 5 nitrogen and oxygen atoms in total. The number of benzene rings is 1. The summed E-state index contributed by atoms with van der Waals surface area (Å²) in [6.07, 6.45) is 6.86. The zero-order valence-corrected chi connectivity index (χ0v) is 14.8. The first-order chi connectivity index (χ1) is 12.2. The predicted molar refractivity (Wildman–Crippen MR) is 96.7 cm³/mol. The maximum Gasteiger partial charge on any atom is 0.135 e. The van der Waals surface area contributed by atoms with Gasteiger partial charge in [-0.3, -0.25) is 0 Å². The van der Waals surface area contributed by atoms with E-state index in [1.54, 1.807) is 18.4 Å². The fourth-order valence-corrected chi connectivity index (χ4v) is 2.55. The summed E-state index contributed by atoms with van der Waals surface area (Å²) in [4.78, 5) is 0. The third kappa shape index (κ3) is 3.52. The van der Waals surface area contributed by atoms with Crippen LogP contribution in [0.25, 0.3) is 5.57 Å². The lowest BCUT2D eigenvalue weighted by molar-refractivity contribution is -0.214. The quantitative estimate of drug-likeness (QED) is 0.629. The van der Waals surface area contributed by atoms with Crippen LogP contribution in [0.4, 0.5) is 4.39 Å². The highest BCUT2D eigenvalue weighted by Crippen LogP contribution is 2.32. The molecule has 134 valence electrons. The Hall–Kier alpha value is -3.33. The average molecular weight is 352 g/mol. The minimum Gasteiger partial charge on any atom is -0.859 e. The van der Waals surface area contributed by atoms with Crippen molar-refractivity contribution in [3.8, 4) is 11.8 Å². The van der Waals surface area contributed by atoms with Crippen LogP contribution < -0.4 is 15.2 Å². The molecule has 0 atom stereocenters. The standard InChI is InChI=1S/C20H20FN3O2/c1-5-14(16-7-6-13(10-24-16)20(2,3)11-22)12-8-15(21)18(19(23)25)17(9-12)26-4/h5-10,24H,1H2,2-4H3,(H2,23,25)/p-1/b16-14+. The van der Waals surface area contributed by atoms with Crippen molar-refractivity contribution in [2.45, 2.75) is 13.8 Å². The Balaban J connectivity index is 2.51. The van der Waals surface area contributed by atoms with Crippen LogP contribution in [0, 0.1) is 28.0 Å². The number of hydrogen-bond acceptors (Lipinski definition) is 5. The van der Waals surface area contributed by atoms with Crippen LogP contribution in [-0.2, 0) is 0 Å². The smallest absolute Gasteiger partial charge is 0.135 e. The summed E-state index contributed by atoms with van der Waals surface area (Å²) in [6, 6.07) is 4.89. The highest BCUT2D eigenvalue weighted by molar-refractivity contribution is 5.93. The second kappa shape index (κ2) is 7.28. The van der Waals surface area contributed by atoms with Crippen molar-refractivity contribution in [3.05, 3.63) is 71.4 Å². The van der Waals surface area contributed by atoms with Gasteiger partial charge < -0.3 is 20.6 Å². The number of halogens is 1. The molecule has 1 aromatic rings. The summed E-state index contributed by atoms with van der Waals surface area (Å²) in [5.41, 5.74) is 1.45. The topological polar surface area (TPSA) is 92.0 Å². The summed E-state index contributed by atoms with van der Waals surface area (Å²) in [5.74, 6) is -2.00. The van der Waals surface area contributed by atoms with Gasteiger partial charge in [0.15, 0.2) is 0 Å². The molecular weight excluding hydrogens is 333 g/mol. The summed E-state index contributed by atoms with van der Waals surface area (Å²) < 4.78 is 19.4. The van der Waals surface area contributed by atoms with Crippen LogP contribution in [0.1, 0.15) is 25.0 Å². The second-order valence-electron chi connectivity index (χ2n) is 6.21. The third-order valence-electron chi connectivity index (χ3n) is 4.12. The Labute approximate surface area is 151 Å². The van der Waals surface area contributed by atoms with E-state index in [1.807, 2.05) is 19.9 Å². The summed E-state index contributed by atoms with van der Waals surface area (Å²) in [5, 5.41) is 30.8. The van der Waals surface area contributed by atoms with Crippen molar-refractivity contribution in [1.29, 1.82) is 10.7 Å². The Morgan fingerprint density at radius 1 is 1.42 bits per heavy atom. The lowest BCUT2D eigenvalue weighted by Gasteiger charge is -2.22. The van der Waals surface area contributed by atoms with Gasteiger partial charge in [0, 0.05) is 17.5 Å². The molecule has 0 aromatic heterocycles. The van der Waals surface area contributed by atoms with E-state index in [1.165, 1.54) is 19.2 Å². The predicted octanol–water partition coefficient (Wildman–Crippen LogP) is 3.01. The number of nitrogens with zero attached hydrogens (tertiary/aromatic N) is 1. The highest BCUT2D eigenvalue weighted by atomic mass is 19.1. The first-order valence-corrected chi connectivity index (χ1v) is 7.82. The van der Waals surface area contributed by atoms with Crippen LogP contribution in [-0.4, -0.2) is 13.0 Å². The molecule has 0 saturated carbocycles. The molecule has 0 amide bonds. The van der Waals surface area contributed by atoms with Crippen LogP contribution in [0.5, 0.6) is 5.75 Å². The zero-order chi connectivity index (χ0) is 19.5. The Bertz CT molecular complexity index is 902. The fourth-order valence-electron chi connectivity index (χ4n) is 2.55. The molecule has 1 aliphatic rings. The third-order valence-corrected chi connectivity index (χ3v) is 4.12. The molecule has 1 aliphatic heterocycles. The first-order valence-electron chi connectivity index (χ1n) is 7.82. The molecule has 0 bridgehead atoms. The van der Waals surface area contributed by atoms with Gasteiger partial charge in [-0.25, -0.2) is 4.39 Å². The summed E-state index contributed by atoms with van der Waals surface area (Å²) >= 11 is 0. The monoisotopic (exact) mass is 352 g/mol. The molecule has 1 heterocycles. The van der Waals surface area contributed by atoms with Gasteiger partial charge in [0.05, 0.1) is 24.2 Å². The normalized spacial score (nSPS) is 15.4. The number of ether oxygens (including phenoxy) is 1. The lowest BCUT2D eigenvalue weighted by Crippen LogP contribution is -2.20. The van der Waals surface area contributed by atoms with E-state index in [-0.39, 0.29) is 5.75 Å². The maximum atomic E-state index is 14.3. The maximum absolute atomic E-state index is 14.3. The van der Waals surface area contributed by atoms with Crippen molar-refractivity contribution in [3.63, 3.8) is 0 Å². The number of allylic oxidation sites excluding steroid dienone is 5. The highest BCUT2D eigenvalue weighted by Gasteiger charge is 2.23. The zero-order valence-electron chi connectivity index (χ0n) is 14.8. The molecule has 0 fully saturated rings. The number of rotatable bonds is 5. The fraction of sp³-hybridized carbons (Fsp3) is 0.200. The molecule has 2 rings (SSSR count). The van der Waals surface area contributed by atoms with Crippen LogP contribution in [0.15, 0.2) is 54.4 Å². The average Bonchev–Trinajstić information content (AvgIpc) is 2.61. The van der Waals surface area contributed by atoms with E-state index in [2.05, 4.69) is 18.0 Å². The number of nitriles is 1. The lowest BCUT2D eigenvalue weighted by atomic mass is 9.85. The molecule has 2 N–H and O–H groups in total. The minimum absolute atomic E-state index is 0.0124. The van der Waals surface area contributed by atoms with E-state index in [4.69, 9.17) is 10.1 Å². The molecule has 26 heavy (non-hydrogen) atoms. The van der Waals surface area contributed by atoms with Crippen LogP contribution in [0.2, 0.25) is 0 Å². The molecule has 0 unspecified atom stereocenters. The number of hydrogen-bond donors (Lipinski definition) is 2. The molecule has 0 spiro atoms. The largest absolute Gasteiger partial charge is 0.859 e. The Kier molecular flexibility index (Phi) is 5.32. The van der Waals surface area contributed by atoms with Crippen molar-refractivity contribution in [1.82, 2.24) is 5.32 Å². The van der Waals surface area contributed by atoms with Gasteiger partial charge in [0.1, 0.15) is 11.6 Å². The van der Waals surface area contributed by atoms with Crippen LogP contribution in [0.3, 0.4) is 0 Å². The van der Waals surface area contributed by atoms with Gasteiger partial charge in [-0.1, -0.05) is 18.7 Å². The Morgan fingerprint density at radius 3 is 2.58 bits per heavy atom. The molecule has 0 saturated heterocycles. The van der Waals surface area contributed by atoms with Crippen molar-refractivity contribution >= 4 is 11.5 Å². The molecule has 0 aliphatic carbocycles. The van der Waals surface area contributed by atoms with Gasteiger partial charge in [-0.05, 0) is 49.1 Å². The number of nitrogens with one attached hydrogen (secondary N) is 2. The van der Waals surface area contributed by atoms with E-state index in [0.29, 0.717) is 16.8 Å². The van der Waals surface area contributed by atoms with Gasteiger partial charge in [-0.15, -0.1) is 0 Å². The molecule has 6 heteroatoms. The number of dihydropyridines is 1. The van der Waals surface area contributed by atoms with E-state index in [9.17, 15) is 14.8 Å². The van der Waals surface area contributed by atoms with Gasteiger partial charge in [0.25, 0.3) is 0 Å². The minimum atomic E-state index is -1.15. The molecule has 0 radical (unpaired) electrons. The summed E-state index contributed by atoms with van der Waals surface area (Å²) in [7, 11) is 1.31.